The SMILES string of the molecule is CCCCC/C=C\CCCCCC(O)CC(=O)NC(COP(=O)(O)OCCN)C(O)/C=C/CC/C=C/CCCCCCCCCC. The van der Waals surface area contributed by atoms with Gasteiger partial charge in [0.1, 0.15) is 0 Å². The molecule has 10 heteroatoms. The van der Waals surface area contributed by atoms with Crippen LogP contribution in [-0.4, -0.2) is 59.0 Å². The van der Waals surface area contributed by atoms with Gasteiger partial charge in [0.15, 0.2) is 0 Å². The summed E-state index contributed by atoms with van der Waals surface area (Å²) in [6.07, 6.45) is 32.4. The number of carbonyl (C=O) groups is 1. The van der Waals surface area contributed by atoms with E-state index in [4.69, 9.17) is 14.8 Å². The van der Waals surface area contributed by atoms with Crippen molar-refractivity contribution >= 4 is 13.7 Å². The van der Waals surface area contributed by atoms with Gasteiger partial charge in [-0.1, -0.05) is 121 Å². The van der Waals surface area contributed by atoms with Crippen LogP contribution in [0.2, 0.25) is 0 Å². The average molecular weight is 673 g/mol. The molecule has 4 unspecified atom stereocenters. The number of phosphoric ester groups is 1. The standard InChI is InChI=1S/C36H69N2O7P/c1-3-5-7-9-11-13-15-16-17-18-20-22-24-26-28-35(40)34(32-45-46(42,43)44-30-29-37)38-36(41)31-33(39)27-25-23-21-19-14-12-10-8-6-4-2/h12,14,18,20,26,28,33-35,39-40H,3-11,13,15-17,19,21-25,27,29-32,37H2,1-2H3,(H,38,41)(H,42,43)/b14-12-,20-18+,28-26+. The highest BCUT2D eigenvalue weighted by molar-refractivity contribution is 7.47. The van der Waals surface area contributed by atoms with Crippen LogP contribution < -0.4 is 11.1 Å². The van der Waals surface area contributed by atoms with Gasteiger partial charge in [-0.15, -0.1) is 0 Å². The molecule has 0 aliphatic carbocycles. The predicted molar refractivity (Wildman–Crippen MR) is 190 cm³/mol. The lowest BCUT2D eigenvalue weighted by atomic mass is 10.1. The fraction of sp³-hybridized carbons (Fsp3) is 0.806. The number of nitrogens with one attached hydrogen (secondary N) is 1. The Morgan fingerprint density at radius 2 is 1.24 bits per heavy atom. The van der Waals surface area contributed by atoms with Crippen LogP contribution in [0.1, 0.15) is 149 Å². The van der Waals surface area contributed by atoms with Gasteiger partial charge in [0, 0.05) is 6.54 Å². The van der Waals surface area contributed by atoms with E-state index >= 15 is 0 Å². The predicted octanol–water partition coefficient (Wildman–Crippen LogP) is 8.19. The van der Waals surface area contributed by atoms with E-state index in [1.165, 1.54) is 70.6 Å². The zero-order chi connectivity index (χ0) is 34.1. The van der Waals surface area contributed by atoms with Crippen molar-refractivity contribution in [1.82, 2.24) is 5.32 Å². The lowest BCUT2D eigenvalue weighted by Gasteiger charge is -2.24. The summed E-state index contributed by atoms with van der Waals surface area (Å²) in [5.74, 6) is -0.469. The molecule has 0 aromatic carbocycles. The number of aliphatic hydroxyl groups is 2. The molecule has 0 aliphatic rings. The van der Waals surface area contributed by atoms with E-state index in [1.807, 2.05) is 6.08 Å². The molecule has 0 fully saturated rings. The number of amides is 1. The fourth-order valence-electron chi connectivity index (χ4n) is 4.95. The first-order valence-electron chi connectivity index (χ1n) is 18.2. The molecule has 46 heavy (non-hydrogen) atoms. The van der Waals surface area contributed by atoms with Crippen molar-refractivity contribution in [3.05, 3.63) is 36.5 Å². The lowest BCUT2D eigenvalue weighted by Crippen LogP contribution is -2.46. The van der Waals surface area contributed by atoms with E-state index in [9.17, 15) is 24.5 Å². The highest BCUT2D eigenvalue weighted by Gasteiger charge is 2.27. The largest absolute Gasteiger partial charge is 0.472 e. The number of hydrogen-bond acceptors (Lipinski definition) is 7. The minimum Gasteiger partial charge on any atom is -0.393 e. The summed E-state index contributed by atoms with van der Waals surface area (Å²) in [7, 11) is -4.40. The van der Waals surface area contributed by atoms with E-state index < -0.39 is 38.6 Å². The Morgan fingerprint density at radius 3 is 1.85 bits per heavy atom. The monoisotopic (exact) mass is 672 g/mol. The second kappa shape index (κ2) is 32.2. The van der Waals surface area contributed by atoms with E-state index in [1.54, 1.807) is 6.08 Å². The third-order valence-corrected chi connectivity index (χ3v) is 8.73. The van der Waals surface area contributed by atoms with Crippen LogP contribution in [-0.2, 0) is 18.4 Å². The number of allylic oxidation sites excluding steroid dienone is 5. The van der Waals surface area contributed by atoms with E-state index in [2.05, 4.69) is 43.5 Å². The van der Waals surface area contributed by atoms with Gasteiger partial charge in [-0.2, -0.15) is 0 Å². The van der Waals surface area contributed by atoms with Crippen molar-refractivity contribution in [1.29, 1.82) is 0 Å². The zero-order valence-electron chi connectivity index (χ0n) is 29.2. The molecule has 0 bridgehead atoms. The minimum atomic E-state index is -4.40. The van der Waals surface area contributed by atoms with Crippen LogP contribution in [0.25, 0.3) is 0 Å². The first-order valence-corrected chi connectivity index (χ1v) is 19.7. The fourth-order valence-corrected chi connectivity index (χ4v) is 5.71. The summed E-state index contributed by atoms with van der Waals surface area (Å²) in [6, 6.07) is -1.00. The molecule has 6 N–H and O–H groups in total. The Balaban J connectivity index is 4.57. The third kappa shape index (κ3) is 30.0. The van der Waals surface area contributed by atoms with Crippen molar-refractivity contribution in [2.24, 2.45) is 5.73 Å². The molecule has 4 atom stereocenters. The summed E-state index contributed by atoms with van der Waals surface area (Å²) >= 11 is 0. The minimum absolute atomic E-state index is 0.0423. The summed E-state index contributed by atoms with van der Waals surface area (Å²) in [5, 5.41) is 23.8. The summed E-state index contributed by atoms with van der Waals surface area (Å²) < 4.78 is 21.9. The third-order valence-electron chi connectivity index (χ3n) is 7.74. The second-order valence-electron chi connectivity index (χ2n) is 12.3. The van der Waals surface area contributed by atoms with Crippen molar-refractivity contribution in [2.45, 2.75) is 167 Å². The van der Waals surface area contributed by atoms with Crippen molar-refractivity contribution in [3.63, 3.8) is 0 Å². The Labute approximate surface area is 281 Å². The van der Waals surface area contributed by atoms with Crippen LogP contribution >= 0.6 is 7.82 Å². The molecule has 0 spiro atoms. The van der Waals surface area contributed by atoms with Gasteiger partial charge in [-0.05, 0) is 57.8 Å². The Morgan fingerprint density at radius 1 is 0.739 bits per heavy atom. The van der Waals surface area contributed by atoms with E-state index in [0.717, 1.165) is 44.9 Å². The van der Waals surface area contributed by atoms with Crippen molar-refractivity contribution in [2.75, 3.05) is 19.8 Å². The number of carbonyl (C=O) groups excluding carboxylic acids is 1. The van der Waals surface area contributed by atoms with Crippen molar-refractivity contribution < 1.29 is 33.5 Å². The maximum Gasteiger partial charge on any atom is 0.472 e. The van der Waals surface area contributed by atoms with Crippen LogP contribution in [0.5, 0.6) is 0 Å². The Kier molecular flexibility index (Phi) is 31.3. The molecule has 0 aromatic rings. The maximum absolute atomic E-state index is 12.7. The first kappa shape index (κ1) is 44.7. The average Bonchev–Trinajstić information content (AvgIpc) is 3.03. The zero-order valence-corrected chi connectivity index (χ0v) is 30.1. The first-order chi connectivity index (χ1) is 22.3. The number of aliphatic hydroxyl groups excluding tert-OH is 2. The molecule has 0 heterocycles. The number of unbranched alkanes of at least 4 members (excludes halogenated alkanes) is 15. The number of hydrogen-bond donors (Lipinski definition) is 5. The maximum atomic E-state index is 12.7. The summed E-state index contributed by atoms with van der Waals surface area (Å²) in [6.45, 7) is 3.87. The quantitative estimate of drug-likeness (QED) is 0.0266. The van der Waals surface area contributed by atoms with Gasteiger partial charge >= 0.3 is 7.82 Å². The smallest absolute Gasteiger partial charge is 0.393 e. The van der Waals surface area contributed by atoms with Crippen LogP contribution in [0.4, 0.5) is 0 Å². The molecule has 0 aliphatic heterocycles. The van der Waals surface area contributed by atoms with Gasteiger partial charge in [0.25, 0.3) is 0 Å². The van der Waals surface area contributed by atoms with Gasteiger partial charge < -0.3 is 26.2 Å². The highest BCUT2D eigenvalue weighted by Crippen LogP contribution is 2.43. The summed E-state index contributed by atoms with van der Waals surface area (Å²) in [5.41, 5.74) is 5.33. The van der Waals surface area contributed by atoms with Crippen LogP contribution in [0, 0.1) is 0 Å². The Bertz CT molecular complexity index is 837. The molecule has 0 saturated carbocycles. The molecule has 1 amide bonds. The molecular weight excluding hydrogens is 603 g/mol. The molecule has 9 nitrogen and oxygen atoms in total. The molecule has 0 saturated heterocycles. The molecule has 0 aromatic heterocycles. The molecule has 270 valence electrons. The molecular formula is C36H69N2O7P. The molecule has 0 radical (unpaired) electrons. The van der Waals surface area contributed by atoms with Gasteiger partial charge in [0.2, 0.25) is 5.91 Å². The van der Waals surface area contributed by atoms with Gasteiger partial charge in [-0.3, -0.25) is 13.8 Å². The van der Waals surface area contributed by atoms with E-state index in [-0.39, 0.29) is 19.6 Å². The van der Waals surface area contributed by atoms with Crippen molar-refractivity contribution in [3.8, 4) is 0 Å². The van der Waals surface area contributed by atoms with Crippen LogP contribution in [0.3, 0.4) is 0 Å². The topological polar surface area (TPSA) is 151 Å². The Hall–Kier alpha value is -1.32. The van der Waals surface area contributed by atoms with Crippen LogP contribution in [0.15, 0.2) is 36.5 Å². The number of phosphoric acid groups is 1. The normalized spacial score (nSPS) is 15.5. The number of nitrogens with two attached hydrogens (primary N) is 1. The van der Waals surface area contributed by atoms with Gasteiger partial charge in [-0.25, -0.2) is 4.57 Å². The second-order valence-corrected chi connectivity index (χ2v) is 13.7. The summed E-state index contributed by atoms with van der Waals surface area (Å²) in [4.78, 5) is 22.6. The van der Waals surface area contributed by atoms with Gasteiger partial charge in [0.05, 0.1) is 37.9 Å². The highest BCUT2D eigenvalue weighted by atomic mass is 31.2. The molecule has 0 rings (SSSR count). The lowest BCUT2D eigenvalue weighted by molar-refractivity contribution is -0.124. The number of rotatable bonds is 33. The van der Waals surface area contributed by atoms with E-state index in [0.29, 0.717) is 12.8 Å².